The first kappa shape index (κ1) is 18.2. The Kier molecular flexibility index (Phi) is 5.25. The lowest BCUT2D eigenvalue weighted by Gasteiger charge is -2.41. The molecule has 1 aromatic rings. The Balaban J connectivity index is 1.52. The number of Topliss-reactive ketones (excluding diaryl/α,β-unsaturated/α-hetero) is 1. The molecule has 144 valence electrons. The number of ketones is 1. The molecular weight excluding hydrogens is 344 g/mol. The van der Waals surface area contributed by atoms with E-state index in [1.807, 2.05) is 24.3 Å². The third-order valence-electron chi connectivity index (χ3n) is 6.04. The summed E-state index contributed by atoms with van der Waals surface area (Å²) in [6.07, 6.45) is 4.53. The summed E-state index contributed by atoms with van der Waals surface area (Å²) < 4.78 is 5.60. The SMILES string of the molecule is O=C1CCCCC1C1COCCN1C(=O)CN1C(=O)CCc2ccccc21. The number of para-hydroxylation sites is 1. The summed E-state index contributed by atoms with van der Waals surface area (Å²) in [5, 5.41) is 0. The van der Waals surface area contributed by atoms with Gasteiger partial charge in [-0.1, -0.05) is 24.6 Å². The molecule has 1 saturated carbocycles. The van der Waals surface area contributed by atoms with Crippen LogP contribution < -0.4 is 4.90 Å². The molecule has 0 aromatic heterocycles. The largest absolute Gasteiger partial charge is 0.377 e. The molecular formula is C21H26N2O4. The van der Waals surface area contributed by atoms with E-state index in [2.05, 4.69) is 0 Å². The Morgan fingerprint density at radius 2 is 1.96 bits per heavy atom. The van der Waals surface area contributed by atoms with E-state index in [4.69, 9.17) is 4.74 Å². The van der Waals surface area contributed by atoms with Gasteiger partial charge in [-0.2, -0.15) is 0 Å². The van der Waals surface area contributed by atoms with Crippen LogP contribution in [0.1, 0.15) is 37.7 Å². The van der Waals surface area contributed by atoms with Crippen molar-refractivity contribution in [1.29, 1.82) is 0 Å². The average Bonchev–Trinajstić information content (AvgIpc) is 2.70. The Morgan fingerprint density at radius 3 is 2.81 bits per heavy atom. The number of benzene rings is 1. The van der Waals surface area contributed by atoms with Crippen LogP contribution in [0.4, 0.5) is 5.69 Å². The number of anilines is 1. The second-order valence-corrected chi connectivity index (χ2v) is 7.66. The molecule has 0 bridgehead atoms. The van der Waals surface area contributed by atoms with Gasteiger partial charge in [0.15, 0.2) is 0 Å². The number of aryl methyl sites for hydroxylation is 1. The Labute approximate surface area is 159 Å². The van der Waals surface area contributed by atoms with Crippen molar-refractivity contribution < 1.29 is 19.1 Å². The lowest BCUT2D eigenvalue weighted by Crippen LogP contribution is -2.57. The van der Waals surface area contributed by atoms with Crippen LogP contribution in [0.5, 0.6) is 0 Å². The van der Waals surface area contributed by atoms with Crippen molar-refractivity contribution in [2.75, 3.05) is 31.2 Å². The number of hydrogen-bond acceptors (Lipinski definition) is 4. The van der Waals surface area contributed by atoms with E-state index in [9.17, 15) is 14.4 Å². The average molecular weight is 370 g/mol. The Morgan fingerprint density at radius 1 is 1.11 bits per heavy atom. The first-order valence-corrected chi connectivity index (χ1v) is 9.93. The van der Waals surface area contributed by atoms with Crippen molar-refractivity contribution in [3.05, 3.63) is 29.8 Å². The highest BCUT2D eigenvalue weighted by atomic mass is 16.5. The number of nitrogens with zero attached hydrogens (tertiary/aromatic N) is 2. The van der Waals surface area contributed by atoms with Gasteiger partial charge in [0.2, 0.25) is 11.8 Å². The van der Waals surface area contributed by atoms with Gasteiger partial charge in [0, 0.05) is 31.0 Å². The normalized spacial score (nSPS) is 26.1. The summed E-state index contributed by atoms with van der Waals surface area (Å²) in [6.45, 7) is 1.41. The van der Waals surface area contributed by atoms with Gasteiger partial charge in [0.1, 0.15) is 12.3 Å². The van der Waals surface area contributed by atoms with E-state index >= 15 is 0 Å². The molecule has 2 aliphatic heterocycles. The van der Waals surface area contributed by atoms with Crippen LogP contribution in [0.15, 0.2) is 24.3 Å². The van der Waals surface area contributed by atoms with E-state index in [1.54, 1.807) is 9.80 Å². The molecule has 3 aliphatic rings. The highest BCUT2D eigenvalue weighted by molar-refractivity contribution is 6.01. The molecule has 1 saturated heterocycles. The zero-order valence-corrected chi connectivity index (χ0v) is 15.6. The molecule has 0 N–H and O–H groups in total. The second kappa shape index (κ2) is 7.80. The van der Waals surface area contributed by atoms with Crippen LogP contribution in [-0.4, -0.2) is 54.8 Å². The first-order chi connectivity index (χ1) is 13.1. The van der Waals surface area contributed by atoms with E-state index in [-0.39, 0.29) is 36.1 Å². The molecule has 2 atom stereocenters. The summed E-state index contributed by atoms with van der Waals surface area (Å²) in [7, 11) is 0. The van der Waals surface area contributed by atoms with Gasteiger partial charge in [0.25, 0.3) is 0 Å². The summed E-state index contributed by atoms with van der Waals surface area (Å²) in [4.78, 5) is 41.4. The van der Waals surface area contributed by atoms with Crippen LogP contribution in [-0.2, 0) is 25.5 Å². The minimum Gasteiger partial charge on any atom is -0.377 e. The molecule has 2 amide bonds. The standard InChI is InChI=1S/C21H26N2O4/c24-19-8-4-2-6-16(19)18-14-27-12-11-22(18)21(26)13-23-17-7-3-1-5-15(17)9-10-20(23)25/h1,3,5,7,16,18H,2,4,6,8-14H2. The quantitative estimate of drug-likeness (QED) is 0.816. The van der Waals surface area contributed by atoms with Crippen molar-refractivity contribution in [3.8, 4) is 0 Å². The smallest absolute Gasteiger partial charge is 0.243 e. The van der Waals surface area contributed by atoms with Gasteiger partial charge < -0.3 is 14.5 Å². The van der Waals surface area contributed by atoms with Gasteiger partial charge in [-0.3, -0.25) is 14.4 Å². The van der Waals surface area contributed by atoms with Gasteiger partial charge >= 0.3 is 0 Å². The van der Waals surface area contributed by atoms with E-state index in [1.165, 1.54) is 0 Å². The summed E-state index contributed by atoms with van der Waals surface area (Å²) in [6, 6.07) is 7.57. The van der Waals surface area contributed by atoms with Gasteiger partial charge in [-0.05, 0) is 30.9 Å². The molecule has 0 radical (unpaired) electrons. The minimum absolute atomic E-state index is 0.0133. The lowest BCUT2D eigenvalue weighted by molar-refractivity contribution is -0.145. The van der Waals surface area contributed by atoms with E-state index in [0.29, 0.717) is 32.6 Å². The number of hydrogen-bond donors (Lipinski definition) is 0. The highest BCUT2D eigenvalue weighted by Gasteiger charge is 2.39. The maximum absolute atomic E-state index is 13.1. The third kappa shape index (κ3) is 3.63. The molecule has 0 spiro atoms. The summed E-state index contributed by atoms with van der Waals surface area (Å²) in [5.41, 5.74) is 1.94. The number of fused-ring (bicyclic) bond motifs is 1. The zero-order valence-electron chi connectivity index (χ0n) is 15.6. The molecule has 2 unspecified atom stereocenters. The van der Waals surface area contributed by atoms with Gasteiger partial charge in [-0.25, -0.2) is 0 Å². The number of carbonyl (C=O) groups is 3. The van der Waals surface area contributed by atoms with E-state index < -0.39 is 0 Å². The fourth-order valence-electron chi connectivity index (χ4n) is 4.58. The van der Waals surface area contributed by atoms with Crippen LogP contribution in [0.25, 0.3) is 0 Å². The van der Waals surface area contributed by atoms with Gasteiger partial charge in [0.05, 0.1) is 19.3 Å². The van der Waals surface area contributed by atoms with Gasteiger partial charge in [-0.15, -0.1) is 0 Å². The molecule has 2 fully saturated rings. The Hall–Kier alpha value is -2.21. The maximum Gasteiger partial charge on any atom is 0.243 e. The van der Waals surface area contributed by atoms with Crippen molar-refractivity contribution in [3.63, 3.8) is 0 Å². The predicted octanol–water partition coefficient (Wildman–Crippen LogP) is 1.95. The molecule has 2 heterocycles. The molecule has 4 rings (SSSR count). The number of carbonyl (C=O) groups excluding carboxylic acids is 3. The molecule has 1 aromatic carbocycles. The number of rotatable bonds is 3. The highest BCUT2D eigenvalue weighted by Crippen LogP contribution is 2.30. The van der Waals surface area contributed by atoms with Crippen molar-refractivity contribution in [2.45, 2.75) is 44.6 Å². The molecule has 1 aliphatic carbocycles. The number of ether oxygens (including phenoxy) is 1. The van der Waals surface area contributed by atoms with Crippen LogP contribution in [0.3, 0.4) is 0 Å². The number of amides is 2. The monoisotopic (exact) mass is 370 g/mol. The summed E-state index contributed by atoms with van der Waals surface area (Å²) >= 11 is 0. The van der Waals surface area contributed by atoms with Crippen molar-refractivity contribution >= 4 is 23.3 Å². The van der Waals surface area contributed by atoms with Crippen LogP contribution in [0, 0.1) is 5.92 Å². The third-order valence-corrected chi connectivity index (χ3v) is 6.04. The van der Waals surface area contributed by atoms with Crippen molar-refractivity contribution in [1.82, 2.24) is 4.90 Å². The topological polar surface area (TPSA) is 66.9 Å². The predicted molar refractivity (Wildman–Crippen MR) is 100 cm³/mol. The first-order valence-electron chi connectivity index (χ1n) is 9.93. The van der Waals surface area contributed by atoms with E-state index in [0.717, 1.165) is 36.9 Å². The molecule has 6 nitrogen and oxygen atoms in total. The zero-order chi connectivity index (χ0) is 18.8. The Bertz CT molecular complexity index is 747. The van der Waals surface area contributed by atoms with Crippen LogP contribution >= 0.6 is 0 Å². The molecule has 27 heavy (non-hydrogen) atoms. The van der Waals surface area contributed by atoms with Crippen LogP contribution in [0.2, 0.25) is 0 Å². The fourth-order valence-corrected chi connectivity index (χ4v) is 4.58. The number of morpholine rings is 1. The lowest BCUT2D eigenvalue weighted by atomic mass is 9.82. The minimum atomic E-state index is -0.200. The second-order valence-electron chi connectivity index (χ2n) is 7.66. The molecule has 6 heteroatoms. The van der Waals surface area contributed by atoms with Crippen molar-refractivity contribution in [2.24, 2.45) is 5.92 Å². The summed E-state index contributed by atoms with van der Waals surface area (Å²) in [5.74, 6) is 0.00798. The maximum atomic E-state index is 13.1. The fraction of sp³-hybridized carbons (Fsp3) is 0.571.